The van der Waals surface area contributed by atoms with Gasteiger partial charge in [0.1, 0.15) is 5.84 Å². The highest BCUT2D eigenvalue weighted by molar-refractivity contribution is 6.42. The molecule has 1 N–H and O–H groups in total. The van der Waals surface area contributed by atoms with Crippen molar-refractivity contribution >= 4 is 29.0 Å². The summed E-state index contributed by atoms with van der Waals surface area (Å²) < 4.78 is 0. The Hall–Kier alpha value is -0.730. The first-order valence-corrected chi connectivity index (χ1v) is 5.22. The normalized spacial score (nSPS) is 15.1. The second-order valence-corrected chi connectivity index (χ2v) is 3.99. The molecular formula is C10H10Cl2N2. The van der Waals surface area contributed by atoms with Crippen LogP contribution in [0.5, 0.6) is 0 Å². The van der Waals surface area contributed by atoms with Gasteiger partial charge in [-0.3, -0.25) is 4.99 Å². The first kappa shape index (κ1) is 9.81. The van der Waals surface area contributed by atoms with E-state index >= 15 is 0 Å². The van der Waals surface area contributed by atoms with Crippen molar-refractivity contribution < 1.29 is 0 Å². The van der Waals surface area contributed by atoms with E-state index in [0.717, 1.165) is 30.9 Å². The van der Waals surface area contributed by atoms with E-state index in [1.54, 1.807) is 0 Å². The number of hydrogen-bond acceptors (Lipinski definition) is 2. The summed E-state index contributed by atoms with van der Waals surface area (Å²) in [7, 11) is 0. The van der Waals surface area contributed by atoms with Crippen molar-refractivity contribution in [2.75, 3.05) is 13.1 Å². The molecule has 74 valence electrons. The lowest BCUT2D eigenvalue weighted by Gasteiger charge is -2.03. The third kappa shape index (κ3) is 2.20. The molecule has 0 saturated heterocycles. The maximum absolute atomic E-state index is 5.91. The predicted molar refractivity (Wildman–Crippen MR) is 60.5 cm³/mol. The maximum atomic E-state index is 5.91. The minimum Gasteiger partial charge on any atom is -0.372 e. The highest BCUT2D eigenvalue weighted by atomic mass is 35.5. The monoisotopic (exact) mass is 228 g/mol. The van der Waals surface area contributed by atoms with Crippen LogP contribution in [0.15, 0.2) is 23.2 Å². The van der Waals surface area contributed by atoms with E-state index in [2.05, 4.69) is 10.3 Å². The van der Waals surface area contributed by atoms with Crippen molar-refractivity contribution in [2.45, 2.75) is 6.42 Å². The lowest BCUT2D eigenvalue weighted by molar-refractivity contribution is 0.953. The molecule has 1 aliphatic heterocycles. The minimum absolute atomic E-state index is 0.594. The van der Waals surface area contributed by atoms with Gasteiger partial charge in [0, 0.05) is 13.0 Å². The topological polar surface area (TPSA) is 24.4 Å². The number of nitrogens with zero attached hydrogens (tertiary/aromatic N) is 1. The average molecular weight is 229 g/mol. The predicted octanol–water partition coefficient (Wildman–Crippen LogP) is 2.54. The lowest BCUT2D eigenvalue weighted by Crippen LogP contribution is -2.20. The molecule has 2 rings (SSSR count). The fourth-order valence-corrected chi connectivity index (χ4v) is 1.73. The van der Waals surface area contributed by atoms with Crippen molar-refractivity contribution in [2.24, 2.45) is 4.99 Å². The van der Waals surface area contributed by atoms with Crippen LogP contribution in [-0.2, 0) is 6.42 Å². The van der Waals surface area contributed by atoms with Gasteiger partial charge in [-0.2, -0.15) is 0 Å². The molecule has 0 radical (unpaired) electrons. The highest BCUT2D eigenvalue weighted by Crippen LogP contribution is 2.22. The summed E-state index contributed by atoms with van der Waals surface area (Å²) in [4.78, 5) is 4.31. The molecule has 1 aromatic rings. The summed E-state index contributed by atoms with van der Waals surface area (Å²) in [5.74, 6) is 1.03. The Balaban J connectivity index is 2.13. The summed E-state index contributed by atoms with van der Waals surface area (Å²) in [5.41, 5.74) is 1.13. The molecule has 0 fully saturated rings. The molecule has 0 spiro atoms. The van der Waals surface area contributed by atoms with E-state index in [1.807, 2.05) is 18.2 Å². The van der Waals surface area contributed by atoms with Crippen LogP contribution >= 0.6 is 23.2 Å². The number of nitrogens with one attached hydrogen (secondary N) is 1. The first-order valence-electron chi connectivity index (χ1n) is 4.47. The van der Waals surface area contributed by atoms with E-state index in [-0.39, 0.29) is 0 Å². The average Bonchev–Trinajstić information content (AvgIpc) is 2.64. The Morgan fingerprint density at radius 1 is 1.29 bits per heavy atom. The van der Waals surface area contributed by atoms with Crippen molar-refractivity contribution in [3.05, 3.63) is 33.8 Å². The summed E-state index contributed by atoms with van der Waals surface area (Å²) in [5, 5.41) is 4.41. The van der Waals surface area contributed by atoms with E-state index < -0.39 is 0 Å². The fraction of sp³-hybridized carbons (Fsp3) is 0.300. The van der Waals surface area contributed by atoms with Gasteiger partial charge in [-0.1, -0.05) is 29.3 Å². The summed E-state index contributed by atoms with van der Waals surface area (Å²) in [6.07, 6.45) is 0.802. The molecule has 4 heteroatoms. The van der Waals surface area contributed by atoms with Crippen LogP contribution in [0.2, 0.25) is 10.0 Å². The van der Waals surface area contributed by atoms with Gasteiger partial charge in [0.05, 0.1) is 16.6 Å². The summed E-state index contributed by atoms with van der Waals surface area (Å²) in [6.45, 7) is 1.81. The molecule has 1 heterocycles. The molecule has 0 aliphatic carbocycles. The van der Waals surface area contributed by atoms with Crippen LogP contribution in [0.1, 0.15) is 5.56 Å². The SMILES string of the molecule is Clc1ccc(CC2=NCCN2)cc1Cl. The van der Waals surface area contributed by atoms with Crippen LogP contribution in [0.25, 0.3) is 0 Å². The fourth-order valence-electron chi connectivity index (χ4n) is 1.41. The van der Waals surface area contributed by atoms with Crippen LogP contribution < -0.4 is 5.32 Å². The molecule has 1 aromatic carbocycles. The lowest BCUT2D eigenvalue weighted by atomic mass is 10.1. The van der Waals surface area contributed by atoms with E-state index in [1.165, 1.54) is 0 Å². The molecule has 0 saturated carbocycles. The van der Waals surface area contributed by atoms with Crippen LogP contribution in [0, 0.1) is 0 Å². The molecular weight excluding hydrogens is 219 g/mol. The van der Waals surface area contributed by atoms with E-state index in [9.17, 15) is 0 Å². The number of benzene rings is 1. The number of aliphatic imine (C=N–C) groups is 1. The molecule has 0 amide bonds. The van der Waals surface area contributed by atoms with Crippen molar-refractivity contribution in [3.8, 4) is 0 Å². The molecule has 0 unspecified atom stereocenters. The Labute approximate surface area is 92.9 Å². The number of hydrogen-bond donors (Lipinski definition) is 1. The number of rotatable bonds is 2. The van der Waals surface area contributed by atoms with Gasteiger partial charge in [0.25, 0.3) is 0 Å². The quantitative estimate of drug-likeness (QED) is 0.827. The minimum atomic E-state index is 0.594. The van der Waals surface area contributed by atoms with Gasteiger partial charge < -0.3 is 5.32 Å². The zero-order chi connectivity index (χ0) is 9.97. The van der Waals surface area contributed by atoms with Crippen LogP contribution in [0.4, 0.5) is 0 Å². The highest BCUT2D eigenvalue weighted by Gasteiger charge is 2.06. The zero-order valence-electron chi connectivity index (χ0n) is 7.56. The van der Waals surface area contributed by atoms with E-state index in [4.69, 9.17) is 23.2 Å². The Kier molecular flexibility index (Phi) is 2.94. The molecule has 0 bridgehead atoms. The van der Waals surface area contributed by atoms with Crippen molar-refractivity contribution in [1.29, 1.82) is 0 Å². The third-order valence-electron chi connectivity index (χ3n) is 2.10. The van der Waals surface area contributed by atoms with Gasteiger partial charge in [0.15, 0.2) is 0 Å². The smallest absolute Gasteiger partial charge is 0.101 e. The van der Waals surface area contributed by atoms with Gasteiger partial charge in [0.2, 0.25) is 0 Å². The Bertz CT molecular complexity index is 374. The summed E-state index contributed by atoms with van der Waals surface area (Å²) >= 11 is 11.7. The molecule has 0 atom stereocenters. The Morgan fingerprint density at radius 3 is 2.79 bits per heavy atom. The molecule has 1 aliphatic rings. The van der Waals surface area contributed by atoms with Crippen molar-refractivity contribution in [1.82, 2.24) is 5.32 Å². The van der Waals surface area contributed by atoms with Gasteiger partial charge in [-0.15, -0.1) is 0 Å². The third-order valence-corrected chi connectivity index (χ3v) is 2.84. The van der Waals surface area contributed by atoms with Gasteiger partial charge in [-0.05, 0) is 17.7 Å². The summed E-state index contributed by atoms with van der Waals surface area (Å²) in [6, 6.07) is 5.66. The number of amidine groups is 1. The maximum Gasteiger partial charge on any atom is 0.101 e. The van der Waals surface area contributed by atoms with Crippen LogP contribution in [0.3, 0.4) is 0 Å². The standard InChI is InChI=1S/C10H10Cl2N2/c11-8-2-1-7(5-9(8)12)6-10-13-3-4-14-10/h1-2,5H,3-4,6H2,(H,13,14). The first-order chi connectivity index (χ1) is 6.75. The largest absolute Gasteiger partial charge is 0.372 e. The van der Waals surface area contributed by atoms with Gasteiger partial charge in [-0.25, -0.2) is 0 Å². The number of halogens is 2. The second-order valence-electron chi connectivity index (χ2n) is 3.18. The second kappa shape index (κ2) is 4.20. The van der Waals surface area contributed by atoms with Crippen molar-refractivity contribution in [3.63, 3.8) is 0 Å². The van der Waals surface area contributed by atoms with Crippen LogP contribution in [-0.4, -0.2) is 18.9 Å². The van der Waals surface area contributed by atoms with E-state index in [0.29, 0.717) is 10.0 Å². The zero-order valence-corrected chi connectivity index (χ0v) is 9.07. The van der Waals surface area contributed by atoms with Gasteiger partial charge >= 0.3 is 0 Å². The Morgan fingerprint density at radius 2 is 2.14 bits per heavy atom. The molecule has 0 aromatic heterocycles. The molecule has 14 heavy (non-hydrogen) atoms. The molecule has 2 nitrogen and oxygen atoms in total.